The molecule has 0 heterocycles. The molecular weight excluding hydrogens is 380 g/mol. The predicted molar refractivity (Wildman–Crippen MR) is 94.5 cm³/mol. The van der Waals surface area contributed by atoms with Gasteiger partial charge in [-0.15, -0.1) is 0 Å². The number of rotatable bonds is 4. The third-order valence-corrected chi connectivity index (χ3v) is 4.57. The number of hydrogen-bond acceptors (Lipinski definition) is 2. The van der Waals surface area contributed by atoms with Gasteiger partial charge in [0.05, 0.1) is 22.5 Å². The molecule has 0 aliphatic heterocycles. The molecule has 1 aliphatic carbocycles. The van der Waals surface area contributed by atoms with Crippen LogP contribution in [0.2, 0.25) is 5.02 Å². The second-order valence-electron chi connectivity index (χ2n) is 5.41. The number of halogens is 2. The molecule has 2 unspecified atom stereocenters. The van der Waals surface area contributed by atoms with Crippen LogP contribution in [0.5, 0.6) is 0 Å². The maximum absolute atomic E-state index is 12.2. The predicted octanol–water partition coefficient (Wildman–Crippen LogP) is 4.32. The Labute approximate surface area is 147 Å². The Morgan fingerprint density at radius 1 is 0.957 bits per heavy atom. The summed E-state index contributed by atoms with van der Waals surface area (Å²) in [5.74, 6) is -0.899. The molecule has 2 amide bonds. The Morgan fingerprint density at radius 2 is 1.57 bits per heavy atom. The molecule has 2 atom stereocenters. The van der Waals surface area contributed by atoms with Crippen molar-refractivity contribution in [2.45, 2.75) is 6.42 Å². The molecular formula is C17H14BrClN2O2. The Balaban J connectivity index is 1.56. The lowest BCUT2D eigenvalue weighted by atomic mass is 10.2. The summed E-state index contributed by atoms with van der Waals surface area (Å²) in [4.78, 5) is 24.3. The van der Waals surface area contributed by atoms with Crippen molar-refractivity contribution in [2.24, 2.45) is 11.8 Å². The fraction of sp³-hybridized carbons (Fsp3) is 0.176. The number of carbonyl (C=O) groups excluding carboxylic acids is 2. The van der Waals surface area contributed by atoms with E-state index in [1.54, 1.807) is 24.3 Å². The molecule has 23 heavy (non-hydrogen) atoms. The fourth-order valence-corrected chi connectivity index (χ4v) is 2.78. The average molecular weight is 394 g/mol. The highest BCUT2D eigenvalue weighted by Crippen LogP contribution is 2.40. The van der Waals surface area contributed by atoms with Crippen molar-refractivity contribution in [1.29, 1.82) is 0 Å². The Kier molecular flexibility index (Phi) is 4.68. The lowest BCUT2D eigenvalue weighted by Crippen LogP contribution is -2.20. The first kappa shape index (κ1) is 16.0. The van der Waals surface area contributed by atoms with Crippen molar-refractivity contribution in [3.05, 3.63) is 58.0 Å². The summed E-state index contributed by atoms with van der Waals surface area (Å²) < 4.78 is 0.943. The molecule has 2 aromatic rings. The van der Waals surface area contributed by atoms with E-state index in [2.05, 4.69) is 26.6 Å². The third kappa shape index (κ3) is 3.92. The first-order valence-electron chi connectivity index (χ1n) is 7.16. The summed E-state index contributed by atoms with van der Waals surface area (Å²) in [6.07, 6.45) is 0.554. The zero-order valence-electron chi connectivity index (χ0n) is 12.1. The highest BCUT2D eigenvalue weighted by molar-refractivity contribution is 9.10. The van der Waals surface area contributed by atoms with E-state index in [1.165, 1.54) is 0 Å². The largest absolute Gasteiger partial charge is 0.326 e. The molecule has 3 rings (SSSR count). The number of benzene rings is 2. The minimum absolute atomic E-state index is 0.133. The van der Waals surface area contributed by atoms with E-state index >= 15 is 0 Å². The third-order valence-electron chi connectivity index (χ3n) is 3.71. The molecule has 0 aromatic heterocycles. The van der Waals surface area contributed by atoms with E-state index in [0.717, 1.165) is 10.2 Å². The molecule has 2 N–H and O–H groups in total. The smallest absolute Gasteiger partial charge is 0.228 e. The van der Waals surface area contributed by atoms with Gasteiger partial charge in [-0.2, -0.15) is 0 Å². The molecule has 0 spiro atoms. The first-order chi connectivity index (χ1) is 11.0. The summed E-state index contributed by atoms with van der Waals surface area (Å²) in [6.45, 7) is 0. The van der Waals surface area contributed by atoms with Crippen LogP contribution in [-0.4, -0.2) is 11.8 Å². The standard InChI is InChI=1S/C17H14BrClN2O2/c18-10-5-7-11(8-6-10)20-16(22)12-9-13(12)17(23)21-15-4-2-1-3-14(15)19/h1-8,12-13H,9H2,(H,20,22)(H,21,23). The maximum Gasteiger partial charge on any atom is 0.228 e. The van der Waals surface area contributed by atoms with E-state index < -0.39 is 0 Å². The SMILES string of the molecule is O=C(Nc1ccc(Br)cc1)C1CC1C(=O)Nc1ccccc1Cl. The number of carbonyl (C=O) groups is 2. The van der Waals surface area contributed by atoms with Crippen molar-refractivity contribution in [3.8, 4) is 0 Å². The lowest BCUT2D eigenvalue weighted by Gasteiger charge is -2.07. The first-order valence-corrected chi connectivity index (χ1v) is 8.33. The van der Waals surface area contributed by atoms with Gasteiger partial charge in [0.15, 0.2) is 0 Å². The highest BCUT2D eigenvalue weighted by atomic mass is 79.9. The minimum Gasteiger partial charge on any atom is -0.326 e. The van der Waals surface area contributed by atoms with Crippen LogP contribution in [0, 0.1) is 11.8 Å². The summed E-state index contributed by atoms with van der Waals surface area (Å²) in [5.41, 5.74) is 1.29. The molecule has 1 saturated carbocycles. The van der Waals surface area contributed by atoms with Crippen LogP contribution < -0.4 is 10.6 Å². The van der Waals surface area contributed by atoms with Crippen LogP contribution in [0.15, 0.2) is 53.0 Å². The van der Waals surface area contributed by atoms with Crippen molar-refractivity contribution in [2.75, 3.05) is 10.6 Å². The molecule has 0 saturated heterocycles. The van der Waals surface area contributed by atoms with E-state index in [9.17, 15) is 9.59 Å². The number of para-hydroxylation sites is 1. The summed E-state index contributed by atoms with van der Waals surface area (Å²) in [6, 6.07) is 14.4. The summed E-state index contributed by atoms with van der Waals surface area (Å²) in [7, 11) is 0. The van der Waals surface area contributed by atoms with Crippen LogP contribution in [0.3, 0.4) is 0 Å². The number of nitrogens with one attached hydrogen (secondary N) is 2. The van der Waals surface area contributed by atoms with E-state index in [0.29, 0.717) is 17.1 Å². The van der Waals surface area contributed by atoms with Gasteiger partial charge in [-0.3, -0.25) is 9.59 Å². The highest BCUT2D eigenvalue weighted by Gasteiger charge is 2.48. The number of anilines is 2. The van der Waals surface area contributed by atoms with Crippen molar-refractivity contribution < 1.29 is 9.59 Å². The van der Waals surface area contributed by atoms with Crippen LogP contribution in [0.4, 0.5) is 11.4 Å². The zero-order valence-corrected chi connectivity index (χ0v) is 14.4. The Bertz CT molecular complexity index is 749. The number of amides is 2. The Morgan fingerprint density at radius 3 is 2.22 bits per heavy atom. The topological polar surface area (TPSA) is 58.2 Å². The molecule has 1 aliphatic rings. The molecule has 2 aromatic carbocycles. The molecule has 1 fully saturated rings. The van der Waals surface area contributed by atoms with Gasteiger partial charge in [-0.1, -0.05) is 39.7 Å². The normalized spacial score (nSPS) is 19.0. The zero-order chi connectivity index (χ0) is 16.4. The van der Waals surface area contributed by atoms with Gasteiger partial charge < -0.3 is 10.6 Å². The van der Waals surface area contributed by atoms with Gasteiger partial charge in [0.25, 0.3) is 0 Å². The molecule has 0 bridgehead atoms. The van der Waals surface area contributed by atoms with Crippen LogP contribution in [0.25, 0.3) is 0 Å². The van der Waals surface area contributed by atoms with Crippen molar-refractivity contribution in [3.63, 3.8) is 0 Å². The maximum atomic E-state index is 12.2. The van der Waals surface area contributed by atoms with Crippen LogP contribution in [-0.2, 0) is 9.59 Å². The quantitative estimate of drug-likeness (QED) is 0.813. The average Bonchev–Trinajstić information content (AvgIpc) is 3.32. The van der Waals surface area contributed by atoms with Gasteiger partial charge in [-0.05, 0) is 42.8 Å². The molecule has 118 valence electrons. The summed E-state index contributed by atoms with van der Waals surface area (Å²) in [5, 5.41) is 6.08. The van der Waals surface area contributed by atoms with E-state index in [4.69, 9.17) is 11.6 Å². The molecule has 0 radical (unpaired) electrons. The van der Waals surface area contributed by atoms with Gasteiger partial charge in [0.1, 0.15) is 0 Å². The second-order valence-corrected chi connectivity index (χ2v) is 6.74. The number of hydrogen-bond donors (Lipinski definition) is 2. The Hall–Kier alpha value is -1.85. The monoisotopic (exact) mass is 392 g/mol. The molecule has 4 nitrogen and oxygen atoms in total. The van der Waals surface area contributed by atoms with Crippen molar-refractivity contribution >= 4 is 50.7 Å². The van der Waals surface area contributed by atoms with Gasteiger partial charge in [0, 0.05) is 10.2 Å². The van der Waals surface area contributed by atoms with Gasteiger partial charge in [0.2, 0.25) is 11.8 Å². The minimum atomic E-state index is -0.304. The fourth-order valence-electron chi connectivity index (χ4n) is 2.33. The lowest BCUT2D eigenvalue weighted by molar-refractivity contribution is -0.122. The van der Waals surface area contributed by atoms with Crippen molar-refractivity contribution in [1.82, 2.24) is 0 Å². The van der Waals surface area contributed by atoms with E-state index in [-0.39, 0.29) is 23.7 Å². The summed E-state index contributed by atoms with van der Waals surface area (Å²) >= 11 is 9.36. The van der Waals surface area contributed by atoms with Crippen LogP contribution >= 0.6 is 27.5 Å². The second kappa shape index (κ2) is 6.72. The van der Waals surface area contributed by atoms with Crippen LogP contribution in [0.1, 0.15) is 6.42 Å². The van der Waals surface area contributed by atoms with Gasteiger partial charge in [-0.25, -0.2) is 0 Å². The molecule has 6 heteroatoms. The van der Waals surface area contributed by atoms with Gasteiger partial charge >= 0.3 is 0 Å². The van der Waals surface area contributed by atoms with E-state index in [1.807, 2.05) is 24.3 Å².